The third-order valence-electron chi connectivity index (χ3n) is 2.15. The number of carbonyl (C=O) groups is 1. The maximum atomic E-state index is 12.6. The minimum atomic E-state index is -0.307. The molecule has 1 aromatic carbocycles. The summed E-state index contributed by atoms with van der Waals surface area (Å²) in [5.41, 5.74) is 1.14. The van der Waals surface area contributed by atoms with Gasteiger partial charge in [0, 0.05) is 12.6 Å². The zero-order valence-corrected chi connectivity index (χ0v) is 8.43. The lowest BCUT2D eigenvalue weighted by Crippen LogP contribution is -2.05. The second-order valence-electron chi connectivity index (χ2n) is 3.32. The quantitative estimate of drug-likeness (QED) is 0.737. The maximum absolute atomic E-state index is 12.6. The zero-order valence-electron chi connectivity index (χ0n) is 8.43. The van der Waals surface area contributed by atoms with Crippen LogP contribution < -0.4 is 0 Å². The van der Waals surface area contributed by atoms with E-state index in [0.717, 1.165) is 5.56 Å². The van der Waals surface area contributed by atoms with Crippen LogP contribution in [-0.4, -0.2) is 15.8 Å². The molecule has 0 saturated carbocycles. The van der Waals surface area contributed by atoms with Crippen molar-refractivity contribution >= 4 is 5.78 Å². The third-order valence-corrected chi connectivity index (χ3v) is 2.15. The molecule has 4 heteroatoms. The van der Waals surface area contributed by atoms with E-state index in [1.807, 2.05) is 0 Å². The van der Waals surface area contributed by atoms with Crippen molar-refractivity contribution in [1.82, 2.24) is 9.97 Å². The summed E-state index contributed by atoms with van der Waals surface area (Å²) in [4.78, 5) is 19.3. The molecule has 1 aromatic heterocycles. The monoisotopic (exact) mass is 216 g/mol. The summed E-state index contributed by atoms with van der Waals surface area (Å²) < 4.78 is 12.6. The molecule has 0 saturated heterocycles. The van der Waals surface area contributed by atoms with Crippen molar-refractivity contribution in [2.75, 3.05) is 0 Å². The summed E-state index contributed by atoms with van der Waals surface area (Å²) >= 11 is 0. The molecule has 0 atom stereocenters. The van der Waals surface area contributed by atoms with Gasteiger partial charge in [0.25, 0.3) is 0 Å². The largest absolute Gasteiger partial charge is 0.292 e. The van der Waals surface area contributed by atoms with Crippen LogP contribution in [-0.2, 0) is 6.42 Å². The molecule has 0 unspecified atom stereocenters. The number of hydrogen-bond donors (Lipinski definition) is 0. The van der Waals surface area contributed by atoms with Crippen LogP contribution in [0.4, 0.5) is 4.39 Å². The molecule has 2 aromatic rings. The second kappa shape index (κ2) is 4.61. The van der Waals surface area contributed by atoms with E-state index in [9.17, 15) is 9.18 Å². The molecule has 3 nitrogen and oxygen atoms in total. The number of carbonyl (C=O) groups excluding carboxylic acids is 1. The van der Waals surface area contributed by atoms with E-state index in [1.54, 1.807) is 18.2 Å². The Balaban J connectivity index is 2.11. The van der Waals surface area contributed by atoms with Crippen molar-refractivity contribution < 1.29 is 9.18 Å². The topological polar surface area (TPSA) is 42.9 Å². The predicted octanol–water partition coefficient (Wildman–Crippen LogP) is 2.04. The number of Topliss-reactive ketones (excluding diaryl/α,β-unsaturated/α-hetero) is 1. The van der Waals surface area contributed by atoms with Gasteiger partial charge < -0.3 is 0 Å². The van der Waals surface area contributed by atoms with Crippen LogP contribution >= 0.6 is 0 Å². The van der Waals surface area contributed by atoms with Crippen molar-refractivity contribution in [2.24, 2.45) is 0 Å². The Kier molecular flexibility index (Phi) is 3.00. The number of aromatic nitrogens is 2. The number of rotatable bonds is 3. The molecule has 80 valence electrons. The number of benzene rings is 1. The minimum Gasteiger partial charge on any atom is -0.292 e. The highest BCUT2D eigenvalue weighted by molar-refractivity contribution is 5.95. The first-order chi connectivity index (χ1) is 7.75. The van der Waals surface area contributed by atoms with Gasteiger partial charge >= 0.3 is 0 Å². The maximum Gasteiger partial charge on any atom is 0.185 e. The molecule has 16 heavy (non-hydrogen) atoms. The summed E-state index contributed by atoms with van der Waals surface area (Å²) in [6.45, 7) is 0. The zero-order chi connectivity index (χ0) is 11.4. The highest BCUT2D eigenvalue weighted by atomic mass is 19.1. The van der Waals surface area contributed by atoms with Gasteiger partial charge in [-0.1, -0.05) is 12.1 Å². The summed E-state index contributed by atoms with van der Waals surface area (Å²) in [5.74, 6) is -0.410. The first kappa shape index (κ1) is 10.4. The first-order valence-electron chi connectivity index (χ1n) is 4.79. The van der Waals surface area contributed by atoms with Crippen molar-refractivity contribution in [3.05, 3.63) is 59.9 Å². The van der Waals surface area contributed by atoms with Crippen LogP contribution in [0.1, 0.15) is 16.1 Å². The lowest BCUT2D eigenvalue weighted by molar-refractivity contribution is 0.0988. The van der Waals surface area contributed by atoms with Crippen LogP contribution in [0.15, 0.2) is 42.9 Å². The fraction of sp³-hybridized carbons (Fsp3) is 0.0833. The average molecular weight is 216 g/mol. The smallest absolute Gasteiger partial charge is 0.185 e. The Morgan fingerprint density at radius 3 is 2.56 bits per heavy atom. The Bertz CT molecular complexity index is 482. The highest BCUT2D eigenvalue weighted by Gasteiger charge is 2.07. The molecule has 0 fully saturated rings. The molecule has 0 aliphatic rings. The average Bonchev–Trinajstić information content (AvgIpc) is 2.33. The van der Waals surface area contributed by atoms with Gasteiger partial charge in [-0.25, -0.2) is 14.4 Å². The highest BCUT2D eigenvalue weighted by Crippen LogP contribution is 2.06. The van der Waals surface area contributed by atoms with Gasteiger partial charge in [-0.15, -0.1) is 0 Å². The molecule has 0 N–H and O–H groups in total. The van der Waals surface area contributed by atoms with Crippen LogP contribution in [0.2, 0.25) is 0 Å². The van der Waals surface area contributed by atoms with Gasteiger partial charge in [0.2, 0.25) is 0 Å². The Morgan fingerprint density at radius 1 is 1.19 bits per heavy atom. The van der Waals surface area contributed by atoms with Crippen molar-refractivity contribution in [3.8, 4) is 0 Å². The van der Waals surface area contributed by atoms with E-state index >= 15 is 0 Å². The molecule has 0 aliphatic heterocycles. The summed E-state index contributed by atoms with van der Waals surface area (Å²) in [7, 11) is 0. The van der Waals surface area contributed by atoms with E-state index in [-0.39, 0.29) is 18.0 Å². The van der Waals surface area contributed by atoms with E-state index in [0.29, 0.717) is 5.69 Å². The van der Waals surface area contributed by atoms with Crippen molar-refractivity contribution in [2.45, 2.75) is 6.42 Å². The van der Waals surface area contributed by atoms with E-state index in [4.69, 9.17) is 0 Å². The third kappa shape index (κ3) is 2.48. The lowest BCUT2D eigenvalue weighted by Gasteiger charge is -2.00. The number of ketones is 1. The summed E-state index contributed by atoms with van der Waals surface area (Å²) in [5, 5.41) is 0. The molecular formula is C12H9FN2O. The van der Waals surface area contributed by atoms with Gasteiger partial charge in [-0.2, -0.15) is 0 Å². The molecule has 0 amide bonds. The van der Waals surface area contributed by atoms with Gasteiger partial charge in [0.15, 0.2) is 5.78 Å². The van der Waals surface area contributed by atoms with Gasteiger partial charge in [0.05, 0.1) is 0 Å². The number of halogens is 1. The Labute approximate surface area is 92.0 Å². The van der Waals surface area contributed by atoms with Gasteiger partial charge in [-0.05, 0) is 23.8 Å². The van der Waals surface area contributed by atoms with Crippen molar-refractivity contribution in [3.63, 3.8) is 0 Å². The number of nitrogens with zero attached hydrogens (tertiary/aromatic N) is 2. The molecule has 2 rings (SSSR count). The van der Waals surface area contributed by atoms with E-state index < -0.39 is 0 Å². The molecule has 1 heterocycles. The van der Waals surface area contributed by atoms with Crippen LogP contribution in [0, 0.1) is 5.82 Å². The summed E-state index contributed by atoms with van der Waals surface area (Å²) in [6, 6.07) is 7.42. The molecule has 0 spiro atoms. The van der Waals surface area contributed by atoms with Gasteiger partial charge in [0.1, 0.15) is 17.8 Å². The SMILES string of the molecule is O=C(Cc1ccc(F)cc1)c1ccncn1. The molecule has 0 radical (unpaired) electrons. The van der Waals surface area contributed by atoms with Gasteiger partial charge in [-0.3, -0.25) is 4.79 Å². The number of hydrogen-bond acceptors (Lipinski definition) is 3. The minimum absolute atomic E-state index is 0.103. The van der Waals surface area contributed by atoms with Crippen LogP contribution in [0.3, 0.4) is 0 Å². The summed E-state index contributed by atoms with van der Waals surface area (Å²) in [6.07, 6.45) is 3.07. The Hall–Kier alpha value is -2.10. The van der Waals surface area contributed by atoms with Crippen molar-refractivity contribution in [1.29, 1.82) is 0 Å². The molecular weight excluding hydrogens is 207 g/mol. The van der Waals surface area contributed by atoms with Crippen LogP contribution in [0.25, 0.3) is 0 Å². The Morgan fingerprint density at radius 2 is 1.94 bits per heavy atom. The second-order valence-corrected chi connectivity index (χ2v) is 3.32. The van der Waals surface area contributed by atoms with E-state index in [2.05, 4.69) is 9.97 Å². The molecule has 0 aliphatic carbocycles. The first-order valence-corrected chi connectivity index (χ1v) is 4.79. The van der Waals surface area contributed by atoms with Crippen LogP contribution in [0.5, 0.6) is 0 Å². The fourth-order valence-electron chi connectivity index (χ4n) is 1.33. The predicted molar refractivity (Wildman–Crippen MR) is 56.5 cm³/mol. The lowest BCUT2D eigenvalue weighted by atomic mass is 10.1. The fourth-order valence-corrected chi connectivity index (χ4v) is 1.33. The standard InChI is InChI=1S/C12H9FN2O/c13-10-3-1-9(2-4-10)7-12(16)11-5-6-14-8-15-11/h1-6,8H,7H2. The van der Waals surface area contributed by atoms with E-state index in [1.165, 1.54) is 24.7 Å². The normalized spacial score (nSPS) is 10.1. The molecule has 0 bridgehead atoms.